The molecule has 2 aromatic heterocycles. The van der Waals surface area contributed by atoms with Gasteiger partial charge < -0.3 is 9.97 Å². The monoisotopic (exact) mass is 314 g/mol. The van der Waals surface area contributed by atoms with Crippen molar-refractivity contribution in [2.45, 2.75) is 4.90 Å². The molecule has 8 heteroatoms. The fourth-order valence-corrected chi connectivity index (χ4v) is 2.83. The average molecular weight is 314 g/mol. The SMILES string of the molecule is O=S(=O)(O)c1ccc2nc(-c3nc4ccccc4[nH]3)[nH]c2c1. The van der Waals surface area contributed by atoms with Gasteiger partial charge in [0.25, 0.3) is 10.1 Å². The van der Waals surface area contributed by atoms with Crippen molar-refractivity contribution in [3.05, 3.63) is 42.5 Å². The van der Waals surface area contributed by atoms with Crippen LogP contribution in [0.1, 0.15) is 0 Å². The Labute approximate surface area is 124 Å². The zero-order chi connectivity index (χ0) is 15.3. The minimum absolute atomic E-state index is 0.181. The van der Waals surface area contributed by atoms with Gasteiger partial charge in [0.2, 0.25) is 0 Å². The number of imidazole rings is 2. The number of H-pyrrole nitrogens is 2. The molecule has 0 aliphatic carbocycles. The molecule has 110 valence electrons. The number of nitrogens with one attached hydrogen (secondary N) is 2. The standard InChI is InChI=1S/C14H10N4O3S/c19-22(20,21)8-5-6-11-12(7-8)18-14(17-11)13-15-9-3-1-2-4-10(9)16-13/h1-7H,(H,15,16)(H,17,18)(H,19,20,21). The molecular formula is C14H10N4O3S. The van der Waals surface area contributed by atoms with E-state index in [4.69, 9.17) is 4.55 Å². The molecule has 0 saturated carbocycles. The highest BCUT2D eigenvalue weighted by Crippen LogP contribution is 2.23. The maximum atomic E-state index is 11.2. The summed E-state index contributed by atoms with van der Waals surface area (Å²) in [6, 6.07) is 11.8. The van der Waals surface area contributed by atoms with Crippen LogP contribution in [0.4, 0.5) is 0 Å². The van der Waals surface area contributed by atoms with Crippen LogP contribution in [0.25, 0.3) is 33.7 Å². The molecule has 0 unspecified atom stereocenters. The zero-order valence-electron chi connectivity index (χ0n) is 11.1. The zero-order valence-corrected chi connectivity index (χ0v) is 11.9. The van der Waals surface area contributed by atoms with Crippen LogP contribution >= 0.6 is 0 Å². The summed E-state index contributed by atoms with van der Waals surface area (Å²) in [5, 5.41) is 0. The normalized spacial score (nSPS) is 12.2. The number of nitrogens with zero attached hydrogens (tertiary/aromatic N) is 2. The number of aromatic nitrogens is 4. The van der Waals surface area contributed by atoms with Crippen molar-refractivity contribution in [1.82, 2.24) is 19.9 Å². The van der Waals surface area contributed by atoms with Gasteiger partial charge in [-0.1, -0.05) is 12.1 Å². The third-order valence-electron chi connectivity index (χ3n) is 3.36. The van der Waals surface area contributed by atoms with Gasteiger partial charge in [-0.25, -0.2) is 9.97 Å². The molecular weight excluding hydrogens is 304 g/mol. The van der Waals surface area contributed by atoms with Crippen LogP contribution < -0.4 is 0 Å². The van der Waals surface area contributed by atoms with E-state index in [-0.39, 0.29) is 4.90 Å². The highest BCUT2D eigenvalue weighted by atomic mass is 32.2. The predicted octanol–water partition coefficient (Wildman–Crippen LogP) is 2.35. The quantitative estimate of drug-likeness (QED) is 0.492. The van der Waals surface area contributed by atoms with Crippen LogP contribution in [0.15, 0.2) is 47.4 Å². The number of hydrogen-bond acceptors (Lipinski definition) is 4. The predicted molar refractivity (Wildman–Crippen MR) is 81.0 cm³/mol. The van der Waals surface area contributed by atoms with Gasteiger partial charge >= 0.3 is 0 Å². The summed E-state index contributed by atoms with van der Waals surface area (Å²) in [5.74, 6) is 1.06. The van der Waals surface area contributed by atoms with Crippen LogP contribution in [0.2, 0.25) is 0 Å². The lowest BCUT2D eigenvalue weighted by atomic mass is 10.3. The number of para-hydroxylation sites is 2. The molecule has 7 nitrogen and oxygen atoms in total. The second-order valence-electron chi connectivity index (χ2n) is 4.84. The van der Waals surface area contributed by atoms with Crippen molar-refractivity contribution in [3.63, 3.8) is 0 Å². The first-order valence-electron chi connectivity index (χ1n) is 6.43. The van der Waals surface area contributed by atoms with Crippen molar-refractivity contribution < 1.29 is 13.0 Å². The second kappa shape index (κ2) is 4.39. The lowest BCUT2D eigenvalue weighted by Crippen LogP contribution is -1.97. The van der Waals surface area contributed by atoms with E-state index in [1.807, 2.05) is 24.3 Å². The Hall–Kier alpha value is -2.71. The first kappa shape index (κ1) is 13.0. The lowest BCUT2D eigenvalue weighted by molar-refractivity contribution is 0.483. The minimum atomic E-state index is -4.24. The van der Waals surface area contributed by atoms with Crippen LogP contribution in [0.5, 0.6) is 0 Å². The van der Waals surface area contributed by atoms with Crippen molar-refractivity contribution in [2.75, 3.05) is 0 Å². The van der Waals surface area contributed by atoms with Crippen LogP contribution in [0, 0.1) is 0 Å². The first-order chi connectivity index (χ1) is 10.5. The summed E-state index contributed by atoms with van der Waals surface area (Å²) in [5.41, 5.74) is 2.79. The van der Waals surface area contributed by atoms with Gasteiger partial charge in [0, 0.05) is 0 Å². The van der Waals surface area contributed by atoms with Gasteiger partial charge in [0.15, 0.2) is 11.6 Å². The Kier molecular flexibility index (Phi) is 2.59. The van der Waals surface area contributed by atoms with Gasteiger partial charge in [0.05, 0.1) is 27.0 Å². The molecule has 0 spiro atoms. The summed E-state index contributed by atoms with van der Waals surface area (Å²) in [6.45, 7) is 0. The fraction of sp³-hybridized carbons (Fsp3) is 0. The molecule has 3 N–H and O–H groups in total. The van der Waals surface area contributed by atoms with E-state index in [2.05, 4.69) is 19.9 Å². The van der Waals surface area contributed by atoms with Gasteiger partial charge in [-0.05, 0) is 30.3 Å². The molecule has 0 aliphatic rings. The Morgan fingerprint density at radius 3 is 2.18 bits per heavy atom. The summed E-state index contributed by atoms with van der Waals surface area (Å²) in [4.78, 5) is 14.8. The molecule has 0 bridgehead atoms. The van der Waals surface area contributed by atoms with E-state index in [9.17, 15) is 8.42 Å². The molecule has 0 amide bonds. The maximum Gasteiger partial charge on any atom is 0.294 e. The number of benzene rings is 2. The Balaban J connectivity index is 1.88. The van der Waals surface area contributed by atoms with Crippen LogP contribution in [-0.4, -0.2) is 32.9 Å². The Morgan fingerprint density at radius 2 is 1.50 bits per heavy atom. The molecule has 2 aromatic carbocycles. The molecule has 22 heavy (non-hydrogen) atoms. The van der Waals surface area contributed by atoms with Gasteiger partial charge in [-0.15, -0.1) is 0 Å². The average Bonchev–Trinajstić information content (AvgIpc) is 3.08. The van der Waals surface area contributed by atoms with Crippen molar-refractivity contribution >= 4 is 32.2 Å². The van der Waals surface area contributed by atoms with E-state index in [0.717, 1.165) is 11.0 Å². The topological polar surface area (TPSA) is 112 Å². The number of hydrogen-bond donors (Lipinski definition) is 3. The fourth-order valence-electron chi connectivity index (χ4n) is 2.33. The molecule has 4 aromatic rings. The van der Waals surface area contributed by atoms with E-state index < -0.39 is 10.1 Å². The highest BCUT2D eigenvalue weighted by Gasteiger charge is 2.14. The highest BCUT2D eigenvalue weighted by molar-refractivity contribution is 7.85. The van der Waals surface area contributed by atoms with E-state index >= 15 is 0 Å². The van der Waals surface area contributed by atoms with Crippen molar-refractivity contribution in [1.29, 1.82) is 0 Å². The summed E-state index contributed by atoms with van der Waals surface area (Å²) in [6.07, 6.45) is 0. The first-order valence-corrected chi connectivity index (χ1v) is 7.87. The third-order valence-corrected chi connectivity index (χ3v) is 4.21. The second-order valence-corrected chi connectivity index (χ2v) is 6.26. The third kappa shape index (κ3) is 2.05. The van der Waals surface area contributed by atoms with Gasteiger partial charge in [-0.2, -0.15) is 8.42 Å². The van der Waals surface area contributed by atoms with Crippen LogP contribution in [0.3, 0.4) is 0 Å². The maximum absolute atomic E-state index is 11.2. The molecule has 0 fully saturated rings. The van der Waals surface area contributed by atoms with E-state index in [1.54, 1.807) is 0 Å². The summed E-state index contributed by atoms with van der Waals surface area (Å²) in [7, 11) is -4.24. The number of rotatable bonds is 2. The van der Waals surface area contributed by atoms with Crippen molar-refractivity contribution in [3.8, 4) is 11.6 Å². The Bertz CT molecular complexity index is 1080. The molecule has 0 aliphatic heterocycles. The van der Waals surface area contributed by atoms with Crippen molar-refractivity contribution in [2.24, 2.45) is 0 Å². The molecule has 4 rings (SSSR count). The molecule has 0 atom stereocenters. The Morgan fingerprint density at radius 1 is 0.864 bits per heavy atom. The number of fused-ring (bicyclic) bond motifs is 2. The van der Waals surface area contributed by atoms with Gasteiger partial charge in [0.1, 0.15) is 0 Å². The lowest BCUT2D eigenvalue weighted by Gasteiger charge is -1.95. The van der Waals surface area contributed by atoms with Crippen LogP contribution in [-0.2, 0) is 10.1 Å². The molecule has 2 heterocycles. The van der Waals surface area contributed by atoms with E-state index in [0.29, 0.717) is 22.7 Å². The molecule has 0 radical (unpaired) electrons. The minimum Gasteiger partial charge on any atom is -0.335 e. The molecule has 0 saturated heterocycles. The summed E-state index contributed by atoms with van der Waals surface area (Å²) < 4.78 is 31.4. The van der Waals surface area contributed by atoms with Gasteiger partial charge in [-0.3, -0.25) is 4.55 Å². The smallest absolute Gasteiger partial charge is 0.294 e. The largest absolute Gasteiger partial charge is 0.335 e. The number of aromatic amines is 2. The summed E-state index contributed by atoms with van der Waals surface area (Å²) >= 11 is 0. The van der Waals surface area contributed by atoms with E-state index in [1.165, 1.54) is 18.2 Å².